The summed E-state index contributed by atoms with van der Waals surface area (Å²) in [6.45, 7) is 0.456. The Morgan fingerprint density at radius 2 is 1.91 bits per heavy atom. The number of carboxylic acid groups (broad SMARTS) is 1. The van der Waals surface area contributed by atoms with Crippen LogP contribution in [0.1, 0.15) is 33.9 Å². The molecule has 118 valence electrons. The van der Waals surface area contributed by atoms with Crippen LogP contribution >= 0.6 is 11.8 Å². The summed E-state index contributed by atoms with van der Waals surface area (Å²) in [5.41, 5.74) is 2.48. The first-order chi connectivity index (χ1) is 11.1. The van der Waals surface area contributed by atoms with E-state index in [-0.39, 0.29) is 12.3 Å². The summed E-state index contributed by atoms with van der Waals surface area (Å²) < 4.78 is 0. The number of hydrogen-bond donors (Lipinski definition) is 1. The minimum Gasteiger partial charge on any atom is -0.481 e. The molecule has 0 radical (unpaired) electrons. The molecule has 0 aromatic heterocycles. The first-order valence-electron chi connectivity index (χ1n) is 7.35. The molecular weight excluding hydrogens is 310 g/mol. The van der Waals surface area contributed by atoms with E-state index in [1.807, 2.05) is 48.7 Å². The van der Waals surface area contributed by atoms with Crippen molar-refractivity contribution in [3.8, 4) is 0 Å². The first kappa shape index (κ1) is 15.6. The van der Waals surface area contributed by atoms with E-state index in [0.717, 1.165) is 16.0 Å². The van der Waals surface area contributed by atoms with Crippen molar-refractivity contribution >= 4 is 23.6 Å². The molecule has 2 aromatic carbocycles. The molecule has 1 amide bonds. The number of carbonyl (C=O) groups excluding carboxylic acids is 1. The smallest absolute Gasteiger partial charge is 0.305 e. The Balaban J connectivity index is 1.94. The summed E-state index contributed by atoms with van der Waals surface area (Å²) in [5.74, 6) is -1.01. The van der Waals surface area contributed by atoms with E-state index in [2.05, 4.69) is 0 Å². The first-order valence-corrected chi connectivity index (χ1v) is 8.57. The SMILES string of the molecule is CSc1ccc([C@@H](CC(=O)O)N2Cc3ccccc3C2=O)cc1. The van der Waals surface area contributed by atoms with Gasteiger partial charge in [-0.2, -0.15) is 0 Å². The van der Waals surface area contributed by atoms with Crippen LogP contribution in [-0.2, 0) is 11.3 Å². The third kappa shape index (κ3) is 3.10. The topological polar surface area (TPSA) is 57.6 Å². The minimum atomic E-state index is -0.910. The number of aliphatic carboxylic acids is 1. The third-order valence-electron chi connectivity index (χ3n) is 4.09. The fraction of sp³-hybridized carbons (Fsp3) is 0.222. The maximum atomic E-state index is 12.6. The van der Waals surface area contributed by atoms with Crippen molar-refractivity contribution < 1.29 is 14.7 Å². The molecular formula is C18H17NO3S. The molecule has 0 fully saturated rings. The number of carboxylic acids is 1. The highest BCUT2D eigenvalue weighted by atomic mass is 32.2. The number of carbonyl (C=O) groups is 2. The molecule has 0 saturated heterocycles. The number of nitrogens with zero attached hydrogens (tertiary/aromatic N) is 1. The lowest BCUT2D eigenvalue weighted by molar-refractivity contribution is -0.138. The minimum absolute atomic E-state index is 0.0965. The Hall–Kier alpha value is -2.27. The number of hydrogen-bond acceptors (Lipinski definition) is 3. The molecule has 0 saturated carbocycles. The standard InChI is InChI=1S/C18H17NO3S/c1-23-14-8-6-12(7-9-14)16(10-17(20)21)19-11-13-4-2-3-5-15(13)18(19)22/h2-9,16H,10-11H2,1H3,(H,20,21)/t16-/m1/s1. The molecule has 23 heavy (non-hydrogen) atoms. The monoisotopic (exact) mass is 327 g/mol. The van der Waals surface area contributed by atoms with Gasteiger partial charge in [0.1, 0.15) is 0 Å². The third-order valence-corrected chi connectivity index (χ3v) is 4.84. The average molecular weight is 327 g/mol. The Kier molecular flexibility index (Phi) is 4.39. The van der Waals surface area contributed by atoms with Gasteiger partial charge in [0.25, 0.3) is 5.91 Å². The summed E-state index contributed by atoms with van der Waals surface area (Å²) in [6, 6.07) is 14.7. The Labute approximate surface area is 139 Å². The molecule has 1 N–H and O–H groups in total. The van der Waals surface area contributed by atoms with Gasteiger partial charge in [-0.15, -0.1) is 11.8 Å². The highest BCUT2D eigenvalue weighted by molar-refractivity contribution is 7.98. The highest BCUT2D eigenvalue weighted by Gasteiger charge is 2.34. The van der Waals surface area contributed by atoms with Gasteiger partial charge in [0.15, 0.2) is 0 Å². The molecule has 0 bridgehead atoms. The quantitative estimate of drug-likeness (QED) is 0.853. The zero-order chi connectivity index (χ0) is 16.4. The van der Waals surface area contributed by atoms with Crippen molar-refractivity contribution in [3.63, 3.8) is 0 Å². The van der Waals surface area contributed by atoms with Crippen molar-refractivity contribution in [1.29, 1.82) is 0 Å². The molecule has 3 rings (SSSR count). The van der Waals surface area contributed by atoms with Gasteiger partial charge in [-0.3, -0.25) is 9.59 Å². The van der Waals surface area contributed by atoms with Crippen molar-refractivity contribution in [2.24, 2.45) is 0 Å². The van der Waals surface area contributed by atoms with Crippen LogP contribution in [-0.4, -0.2) is 28.1 Å². The number of fused-ring (bicyclic) bond motifs is 1. The summed E-state index contributed by atoms with van der Waals surface area (Å²) in [4.78, 5) is 26.7. The Morgan fingerprint density at radius 3 is 2.52 bits per heavy atom. The van der Waals surface area contributed by atoms with E-state index in [9.17, 15) is 14.7 Å². The lowest BCUT2D eigenvalue weighted by Gasteiger charge is -2.27. The molecule has 5 heteroatoms. The van der Waals surface area contributed by atoms with Crippen LogP contribution in [0.4, 0.5) is 0 Å². The van der Waals surface area contributed by atoms with Crippen LogP contribution in [0.15, 0.2) is 53.4 Å². The number of benzene rings is 2. The molecule has 1 heterocycles. The van der Waals surface area contributed by atoms with Crippen molar-refractivity contribution in [2.45, 2.75) is 23.9 Å². The molecule has 1 aliphatic heterocycles. The van der Waals surface area contributed by atoms with Gasteiger partial charge in [0, 0.05) is 17.0 Å². The second kappa shape index (κ2) is 6.46. The van der Waals surface area contributed by atoms with E-state index in [1.54, 1.807) is 22.7 Å². The van der Waals surface area contributed by atoms with Gasteiger partial charge in [0.2, 0.25) is 0 Å². The van der Waals surface area contributed by atoms with Crippen molar-refractivity contribution in [3.05, 3.63) is 65.2 Å². The Bertz CT molecular complexity index is 742. The predicted octanol–water partition coefficient (Wildman–Crippen LogP) is 3.58. The van der Waals surface area contributed by atoms with E-state index >= 15 is 0 Å². The fourth-order valence-electron chi connectivity index (χ4n) is 2.93. The zero-order valence-electron chi connectivity index (χ0n) is 12.7. The van der Waals surface area contributed by atoms with Crippen LogP contribution in [0.5, 0.6) is 0 Å². The van der Waals surface area contributed by atoms with E-state index < -0.39 is 12.0 Å². The summed E-state index contributed by atoms with van der Waals surface area (Å²) in [5, 5.41) is 9.27. The maximum Gasteiger partial charge on any atom is 0.305 e. The molecule has 1 aliphatic rings. The van der Waals surface area contributed by atoms with Gasteiger partial charge in [-0.1, -0.05) is 30.3 Å². The second-order valence-corrected chi connectivity index (χ2v) is 6.36. The van der Waals surface area contributed by atoms with Crippen LogP contribution in [0.2, 0.25) is 0 Å². The normalized spacial score (nSPS) is 14.7. The van der Waals surface area contributed by atoms with E-state index in [0.29, 0.717) is 12.1 Å². The lowest BCUT2D eigenvalue weighted by Crippen LogP contribution is -2.30. The molecule has 4 nitrogen and oxygen atoms in total. The molecule has 2 aromatic rings. The van der Waals surface area contributed by atoms with Crippen LogP contribution in [0, 0.1) is 0 Å². The lowest BCUT2D eigenvalue weighted by atomic mass is 10.0. The molecule has 1 atom stereocenters. The molecule has 0 aliphatic carbocycles. The van der Waals surface area contributed by atoms with Crippen molar-refractivity contribution in [2.75, 3.05) is 6.26 Å². The van der Waals surface area contributed by atoms with E-state index in [4.69, 9.17) is 0 Å². The van der Waals surface area contributed by atoms with Crippen LogP contribution < -0.4 is 0 Å². The summed E-state index contributed by atoms with van der Waals surface area (Å²) in [7, 11) is 0. The van der Waals surface area contributed by atoms with Gasteiger partial charge >= 0.3 is 5.97 Å². The summed E-state index contributed by atoms with van der Waals surface area (Å²) in [6.07, 6.45) is 1.89. The number of rotatable bonds is 5. The average Bonchev–Trinajstić information content (AvgIpc) is 2.90. The highest BCUT2D eigenvalue weighted by Crippen LogP contribution is 2.34. The van der Waals surface area contributed by atoms with Gasteiger partial charge in [-0.05, 0) is 35.6 Å². The predicted molar refractivity (Wildman–Crippen MR) is 89.5 cm³/mol. The van der Waals surface area contributed by atoms with Crippen molar-refractivity contribution in [1.82, 2.24) is 4.90 Å². The summed E-state index contributed by atoms with van der Waals surface area (Å²) >= 11 is 1.63. The van der Waals surface area contributed by atoms with E-state index in [1.165, 1.54) is 0 Å². The molecule has 0 spiro atoms. The fourth-order valence-corrected chi connectivity index (χ4v) is 3.34. The second-order valence-electron chi connectivity index (χ2n) is 5.48. The van der Waals surface area contributed by atoms with Crippen LogP contribution in [0.3, 0.4) is 0 Å². The zero-order valence-corrected chi connectivity index (χ0v) is 13.5. The van der Waals surface area contributed by atoms with Gasteiger partial charge in [-0.25, -0.2) is 0 Å². The molecule has 0 unspecified atom stereocenters. The van der Waals surface area contributed by atoms with Crippen LogP contribution in [0.25, 0.3) is 0 Å². The van der Waals surface area contributed by atoms with Gasteiger partial charge < -0.3 is 10.0 Å². The maximum absolute atomic E-state index is 12.6. The number of amides is 1. The largest absolute Gasteiger partial charge is 0.481 e. The Morgan fingerprint density at radius 1 is 1.22 bits per heavy atom. The van der Waals surface area contributed by atoms with Gasteiger partial charge in [0.05, 0.1) is 12.5 Å². The number of thioether (sulfide) groups is 1.